The van der Waals surface area contributed by atoms with Crippen LogP contribution in [0.15, 0.2) is 66.1 Å². The van der Waals surface area contributed by atoms with Gasteiger partial charge in [0.1, 0.15) is 0 Å². The van der Waals surface area contributed by atoms with Crippen LogP contribution < -0.4 is 5.32 Å². The van der Waals surface area contributed by atoms with Gasteiger partial charge in [-0.05, 0) is 29.8 Å². The van der Waals surface area contributed by atoms with Gasteiger partial charge in [-0.1, -0.05) is 18.2 Å². The summed E-state index contributed by atoms with van der Waals surface area (Å²) in [5.74, 6) is -0.260. The largest absolute Gasteiger partial charge is 0.326 e. The molecule has 0 heterocycles. The van der Waals surface area contributed by atoms with Crippen molar-refractivity contribution in [3.63, 3.8) is 0 Å². The first-order valence-electron chi connectivity index (χ1n) is 7.96. The van der Waals surface area contributed by atoms with Crippen LogP contribution in [-0.2, 0) is 21.4 Å². The molecule has 0 aliphatic rings. The van der Waals surface area contributed by atoms with Crippen molar-refractivity contribution >= 4 is 27.3 Å². The number of hydrogen-bond donors (Lipinski definition) is 1. The van der Waals surface area contributed by atoms with Crippen molar-refractivity contribution in [2.45, 2.75) is 18.4 Å². The minimum atomic E-state index is -3.86. The van der Waals surface area contributed by atoms with Gasteiger partial charge >= 0.3 is 0 Å². The molecule has 1 N–H and O–H groups in total. The summed E-state index contributed by atoms with van der Waals surface area (Å²) in [6, 6.07) is 11.6. The summed E-state index contributed by atoms with van der Waals surface area (Å²) in [4.78, 5) is 21.5. The monoisotopic (exact) mass is 389 g/mol. The maximum Gasteiger partial charge on any atom is 0.269 e. The number of amides is 1. The lowest BCUT2D eigenvalue weighted by atomic mass is 10.2. The molecule has 0 fully saturated rings. The molecule has 2 rings (SSSR count). The summed E-state index contributed by atoms with van der Waals surface area (Å²) in [6.07, 6.45) is 1.45. The third-order valence-corrected chi connectivity index (χ3v) is 5.45. The summed E-state index contributed by atoms with van der Waals surface area (Å²) in [7, 11) is -3.86. The van der Waals surface area contributed by atoms with E-state index in [1.54, 1.807) is 6.07 Å². The van der Waals surface area contributed by atoms with E-state index in [1.807, 2.05) is 0 Å². The zero-order valence-corrected chi connectivity index (χ0v) is 15.5. The molecular weight excluding hydrogens is 370 g/mol. The van der Waals surface area contributed by atoms with Gasteiger partial charge in [-0.25, -0.2) is 8.42 Å². The van der Waals surface area contributed by atoms with E-state index in [4.69, 9.17) is 0 Å². The third kappa shape index (κ3) is 5.22. The van der Waals surface area contributed by atoms with Crippen LogP contribution in [-0.4, -0.2) is 30.1 Å². The number of anilines is 1. The van der Waals surface area contributed by atoms with Gasteiger partial charge in [0.15, 0.2) is 0 Å². The minimum absolute atomic E-state index is 0.0382. The van der Waals surface area contributed by atoms with Gasteiger partial charge in [-0.2, -0.15) is 4.31 Å². The van der Waals surface area contributed by atoms with Gasteiger partial charge in [0.2, 0.25) is 15.9 Å². The van der Waals surface area contributed by atoms with Crippen LogP contribution in [0.3, 0.4) is 0 Å². The van der Waals surface area contributed by atoms with Gasteiger partial charge in [0.25, 0.3) is 5.69 Å². The quantitative estimate of drug-likeness (QED) is 0.424. The fraction of sp³-hybridized carbons (Fsp3) is 0.167. The molecule has 0 atom stereocenters. The number of non-ortho nitro benzene ring substituents is 1. The lowest BCUT2D eigenvalue weighted by Crippen LogP contribution is -2.30. The lowest BCUT2D eigenvalue weighted by molar-refractivity contribution is -0.384. The van der Waals surface area contributed by atoms with Gasteiger partial charge in [-0.15, -0.1) is 6.58 Å². The molecule has 9 heteroatoms. The fourth-order valence-electron chi connectivity index (χ4n) is 2.43. The number of nitrogens with zero attached hydrogens (tertiary/aromatic N) is 2. The minimum Gasteiger partial charge on any atom is -0.326 e. The molecule has 0 saturated heterocycles. The molecule has 0 saturated carbocycles. The summed E-state index contributed by atoms with van der Waals surface area (Å²) in [5, 5.41) is 13.5. The Morgan fingerprint density at radius 1 is 1.26 bits per heavy atom. The van der Waals surface area contributed by atoms with E-state index in [0.717, 1.165) is 0 Å². The van der Waals surface area contributed by atoms with Crippen molar-refractivity contribution < 1.29 is 18.1 Å². The molecule has 0 unspecified atom stereocenters. The summed E-state index contributed by atoms with van der Waals surface area (Å²) >= 11 is 0. The molecule has 8 nitrogen and oxygen atoms in total. The van der Waals surface area contributed by atoms with Crippen LogP contribution in [0.4, 0.5) is 11.4 Å². The van der Waals surface area contributed by atoms with Crippen LogP contribution in [0.5, 0.6) is 0 Å². The number of sulfonamides is 1. The van der Waals surface area contributed by atoms with Gasteiger partial charge in [-0.3, -0.25) is 14.9 Å². The molecule has 2 aromatic rings. The zero-order chi connectivity index (χ0) is 20.0. The Kier molecular flexibility index (Phi) is 6.43. The highest BCUT2D eigenvalue weighted by Crippen LogP contribution is 2.22. The Hall–Kier alpha value is -3.04. The first kappa shape index (κ1) is 20.3. The predicted octanol–water partition coefficient (Wildman–Crippen LogP) is 2.93. The van der Waals surface area contributed by atoms with Crippen LogP contribution >= 0.6 is 0 Å². The van der Waals surface area contributed by atoms with Crippen LogP contribution in [0.2, 0.25) is 0 Å². The fourth-order valence-corrected chi connectivity index (χ4v) is 3.83. The molecule has 0 aromatic heterocycles. The highest BCUT2D eigenvalue weighted by atomic mass is 32.2. The van der Waals surface area contributed by atoms with E-state index in [0.29, 0.717) is 11.3 Å². The number of carbonyl (C=O) groups excluding carboxylic acids is 1. The number of rotatable bonds is 8. The van der Waals surface area contributed by atoms with E-state index < -0.39 is 14.9 Å². The molecular formula is C18H19N3O5S. The van der Waals surface area contributed by atoms with Crippen molar-refractivity contribution in [2.24, 2.45) is 0 Å². The Labute approximate surface area is 157 Å². The Balaban J connectivity index is 2.31. The maximum absolute atomic E-state index is 12.9. The van der Waals surface area contributed by atoms with Crippen molar-refractivity contribution in [1.82, 2.24) is 4.31 Å². The van der Waals surface area contributed by atoms with Crippen molar-refractivity contribution in [3.8, 4) is 0 Å². The molecule has 27 heavy (non-hydrogen) atoms. The highest BCUT2D eigenvalue weighted by molar-refractivity contribution is 7.89. The second kappa shape index (κ2) is 8.56. The smallest absolute Gasteiger partial charge is 0.269 e. The summed E-state index contributed by atoms with van der Waals surface area (Å²) in [5.41, 5.74) is 0.864. The molecule has 142 valence electrons. The molecule has 0 aliphatic carbocycles. The van der Waals surface area contributed by atoms with Crippen molar-refractivity contribution in [3.05, 3.63) is 76.9 Å². The Morgan fingerprint density at radius 2 is 1.93 bits per heavy atom. The highest BCUT2D eigenvalue weighted by Gasteiger charge is 2.24. The van der Waals surface area contributed by atoms with E-state index in [-0.39, 0.29) is 29.6 Å². The first-order chi connectivity index (χ1) is 12.7. The van der Waals surface area contributed by atoms with Gasteiger partial charge < -0.3 is 5.32 Å². The van der Waals surface area contributed by atoms with Crippen LogP contribution in [0.1, 0.15) is 12.5 Å². The van der Waals surface area contributed by atoms with Gasteiger partial charge in [0, 0.05) is 37.8 Å². The Bertz CT molecular complexity index is 955. The normalized spacial score (nSPS) is 11.2. The van der Waals surface area contributed by atoms with E-state index in [9.17, 15) is 23.3 Å². The van der Waals surface area contributed by atoms with Gasteiger partial charge in [0.05, 0.1) is 9.82 Å². The maximum atomic E-state index is 12.9. The Morgan fingerprint density at radius 3 is 2.48 bits per heavy atom. The molecule has 1 amide bonds. The van der Waals surface area contributed by atoms with Crippen molar-refractivity contribution in [2.75, 3.05) is 11.9 Å². The molecule has 0 radical (unpaired) electrons. The number of carbonyl (C=O) groups is 1. The molecule has 2 aromatic carbocycles. The van der Waals surface area contributed by atoms with E-state index >= 15 is 0 Å². The SMILES string of the molecule is C=CCN(Cc1cccc([N+](=O)[O-])c1)S(=O)(=O)c1ccc(NC(C)=O)cc1. The molecule has 0 aliphatic heterocycles. The second-order valence-corrected chi connectivity index (χ2v) is 7.66. The topological polar surface area (TPSA) is 110 Å². The van der Waals surface area contributed by atoms with Crippen molar-refractivity contribution in [1.29, 1.82) is 0 Å². The lowest BCUT2D eigenvalue weighted by Gasteiger charge is -2.21. The van der Waals surface area contributed by atoms with E-state index in [2.05, 4.69) is 11.9 Å². The molecule has 0 spiro atoms. The van der Waals surface area contributed by atoms with E-state index in [1.165, 1.54) is 59.8 Å². The molecule has 0 bridgehead atoms. The number of nitrogens with one attached hydrogen (secondary N) is 1. The average Bonchev–Trinajstić information content (AvgIpc) is 2.61. The first-order valence-corrected chi connectivity index (χ1v) is 9.40. The third-order valence-electron chi connectivity index (χ3n) is 3.63. The number of benzene rings is 2. The summed E-state index contributed by atoms with van der Waals surface area (Å²) < 4.78 is 27.0. The second-order valence-electron chi connectivity index (χ2n) is 5.72. The predicted molar refractivity (Wildman–Crippen MR) is 102 cm³/mol. The van der Waals surface area contributed by atoms with Crippen LogP contribution in [0, 0.1) is 10.1 Å². The standard InChI is InChI=1S/C18H19N3O5S/c1-3-11-20(13-15-5-4-6-17(12-15)21(23)24)27(25,26)18-9-7-16(8-10-18)19-14(2)22/h3-10,12H,1,11,13H2,2H3,(H,19,22). The summed E-state index contributed by atoms with van der Waals surface area (Å²) in [6.45, 7) is 4.94. The van der Waals surface area contributed by atoms with Crippen LogP contribution in [0.25, 0.3) is 0 Å². The zero-order valence-electron chi connectivity index (χ0n) is 14.7. The number of nitro benzene ring substituents is 1. The number of nitro groups is 1. The average molecular weight is 389 g/mol. The number of hydrogen-bond acceptors (Lipinski definition) is 5.